The Bertz CT molecular complexity index is 869. The summed E-state index contributed by atoms with van der Waals surface area (Å²) in [5.41, 5.74) is 0.817. The van der Waals surface area contributed by atoms with Gasteiger partial charge in [0.2, 0.25) is 5.91 Å². The van der Waals surface area contributed by atoms with Gasteiger partial charge in [0.15, 0.2) is 0 Å². The molecule has 0 aromatic carbocycles. The summed E-state index contributed by atoms with van der Waals surface area (Å²) in [6.45, 7) is 4.27. The summed E-state index contributed by atoms with van der Waals surface area (Å²) >= 11 is 1.20. The topological polar surface area (TPSA) is 84.3 Å². The first-order valence-electron chi connectivity index (χ1n) is 7.69. The van der Waals surface area contributed by atoms with E-state index >= 15 is 0 Å². The number of aryl methyl sites for hydroxylation is 3. The second-order valence-electron chi connectivity index (χ2n) is 5.94. The molecule has 7 nitrogen and oxygen atoms in total. The van der Waals surface area contributed by atoms with Gasteiger partial charge in [-0.05, 0) is 38.8 Å². The zero-order valence-electron chi connectivity index (χ0n) is 13.8. The lowest BCUT2D eigenvalue weighted by Gasteiger charge is -2.32. The minimum absolute atomic E-state index is 0.235. The van der Waals surface area contributed by atoms with E-state index in [-0.39, 0.29) is 10.1 Å². The number of nitrogens with one attached hydrogen (secondary N) is 1. The van der Waals surface area contributed by atoms with Gasteiger partial charge >= 0.3 is 0 Å². The van der Waals surface area contributed by atoms with Crippen LogP contribution in [0.2, 0.25) is 0 Å². The van der Waals surface area contributed by atoms with Crippen molar-refractivity contribution in [2.45, 2.75) is 36.9 Å². The van der Waals surface area contributed by atoms with E-state index in [1.54, 1.807) is 28.8 Å². The Kier molecular flexibility index (Phi) is 4.50. The molecule has 24 heavy (non-hydrogen) atoms. The van der Waals surface area contributed by atoms with Crippen molar-refractivity contribution in [2.75, 3.05) is 11.4 Å². The van der Waals surface area contributed by atoms with E-state index in [2.05, 4.69) is 9.82 Å². The fraction of sp³-hybridized carbons (Fsp3) is 0.467. The van der Waals surface area contributed by atoms with Gasteiger partial charge in [0.05, 0.1) is 5.69 Å². The summed E-state index contributed by atoms with van der Waals surface area (Å²) in [5.74, 6) is 0.453. The summed E-state index contributed by atoms with van der Waals surface area (Å²) in [5, 5.41) is 4.26. The van der Waals surface area contributed by atoms with Crippen LogP contribution in [0, 0.1) is 13.8 Å². The molecule has 1 amide bonds. The summed E-state index contributed by atoms with van der Waals surface area (Å²) in [4.78, 5) is 15.3. The van der Waals surface area contributed by atoms with Crippen LogP contribution in [0.15, 0.2) is 22.4 Å². The zero-order valence-corrected chi connectivity index (χ0v) is 15.4. The molecule has 0 spiro atoms. The molecule has 1 aliphatic rings. The maximum Gasteiger partial charge on any atom is 0.250 e. The van der Waals surface area contributed by atoms with Crippen molar-refractivity contribution in [3.8, 4) is 0 Å². The van der Waals surface area contributed by atoms with Crippen molar-refractivity contribution in [1.29, 1.82) is 0 Å². The van der Waals surface area contributed by atoms with E-state index in [0.717, 1.165) is 17.0 Å². The van der Waals surface area contributed by atoms with Crippen LogP contribution < -0.4 is 9.62 Å². The molecule has 1 N–H and O–H groups in total. The van der Waals surface area contributed by atoms with E-state index in [0.29, 0.717) is 18.8 Å². The van der Waals surface area contributed by atoms with Crippen LogP contribution in [0.3, 0.4) is 0 Å². The lowest BCUT2D eigenvalue weighted by molar-refractivity contribution is -0.121. The Morgan fingerprint density at radius 3 is 2.67 bits per heavy atom. The molecule has 0 bridgehead atoms. The molecular weight excluding hydrogens is 348 g/mol. The highest BCUT2D eigenvalue weighted by atomic mass is 32.2. The van der Waals surface area contributed by atoms with Gasteiger partial charge in [-0.25, -0.2) is 8.42 Å². The number of carbonyl (C=O) groups is 1. The number of rotatable bonds is 4. The molecule has 1 unspecified atom stereocenters. The van der Waals surface area contributed by atoms with Crippen molar-refractivity contribution in [2.24, 2.45) is 7.05 Å². The van der Waals surface area contributed by atoms with Gasteiger partial charge in [-0.3, -0.25) is 14.4 Å². The standard InChI is InChI=1S/C15H20N4O3S2/c1-10-9-13(18(3)16-10)19-8-4-5-12(15(19)20)17-24(21,22)14-7-6-11(2)23-14/h6-7,9,12,17H,4-5,8H2,1-3H3. The Morgan fingerprint density at radius 1 is 1.33 bits per heavy atom. The average Bonchev–Trinajstić information content (AvgIpc) is 3.07. The second kappa shape index (κ2) is 6.30. The minimum Gasteiger partial charge on any atom is -0.296 e. The van der Waals surface area contributed by atoms with Crippen molar-refractivity contribution in [3.63, 3.8) is 0 Å². The Hall–Kier alpha value is -1.71. The van der Waals surface area contributed by atoms with Crippen molar-refractivity contribution in [3.05, 3.63) is 28.8 Å². The van der Waals surface area contributed by atoms with Crippen molar-refractivity contribution >= 4 is 33.1 Å². The average molecular weight is 368 g/mol. The molecule has 2 aromatic heterocycles. The van der Waals surface area contributed by atoms with Gasteiger partial charge in [-0.1, -0.05) is 0 Å². The minimum atomic E-state index is -3.68. The molecule has 0 aliphatic carbocycles. The molecule has 1 atom stereocenters. The number of nitrogens with zero attached hydrogens (tertiary/aromatic N) is 3. The van der Waals surface area contributed by atoms with E-state index in [9.17, 15) is 13.2 Å². The van der Waals surface area contributed by atoms with Crippen molar-refractivity contribution < 1.29 is 13.2 Å². The monoisotopic (exact) mass is 368 g/mol. The first-order valence-corrected chi connectivity index (χ1v) is 9.99. The van der Waals surface area contributed by atoms with Crippen LogP contribution in [-0.2, 0) is 21.9 Å². The van der Waals surface area contributed by atoms with Gasteiger partial charge in [0.25, 0.3) is 10.0 Å². The predicted molar refractivity (Wildman–Crippen MR) is 92.7 cm³/mol. The predicted octanol–water partition coefficient (Wildman–Crippen LogP) is 1.57. The largest absolute Gasteiger partial charge is 0.296 e. The number of hydrogen-bond donors (Lipinski definition) is 1. The zero-order chi connectivity index (χ0) is 17.5. The SMILES string of the molecule is Cc1cc(N2CCCC(NS(=O)(=O)c3ccc(C)s3)C2=O)n(C)n1. The van der Waals surface area contributed by atoms with Crippen LogP contribution >= 0.6 is 11.3 Å². The van der Waals surface area contributed by atoms with Gasteiger partial charge in [0, 0.05) is 24.5 Å². The summed E-state index contributed by atoms with van der Waals surface area (Å²) in [7, 11) is -1.91. The molecule has 1 aliphatic heterocycles. The van der Waals surface area contributed by atoms with Crippen LogP contribution in [0.5, 0.6) is 0 Å². The molecule has 3 rings (SSSR count). The number of hydrogen-bond acceptors (Lipinski definition) is 5. The number of thiophene rings is 1. The van der Waals surface area contributed by atoms with Gasteiger partial charge in [-0.2, -0.15) is 9.82 Å². The maximum atomic E-state index is 12.8. The molecule has 0 saturated carbocycles. The van der Waals surface area contributed by atoms with Crippen LogP contribution in [0.25, 0.3) is 0 Å². The smallest absolute Gasteiger partial charge is 0.250 e. The third kappa shape index (κ3) is 3.24. The van der Waals surface area contributed by atoms with E-state index in [4.69, 9.17) is 0 Å². The molecule has 2 aromatic rings. The molecule has 0 radical (unpaired) electrons. The third-order valence-corrected chi connectivity index (χ3v) is 6.93. The molecular formula is C15H20N4O3S2. The van der Waals surface area contributed by atoms with Gasteiger partial charge in [0.1, 0.15) is 16.1 Å². The number of piperidine rings is 1. The lowest BCUT2D eigenvalue weighted by atomic mass is 10.1. The molecule has 1 saturated heterocycles. The van der Waals surface area contributed by atoms with Gasteiger partial charge in [-0.15, -0.1) is 11.3 Å². The highest BCUT2D eigenvalue weighted by molar-refractivity contribution is 7.91. The number of aromatic nitrogens is 2. The normalized spacial score (nSPS) is 19.0. The molecule has 3 heterocycles. The highest BCUT2D eigenvalue weighted by Crippen LogP contribution is 2.24. The first kappa shape index (κ1) is 17.1. The van der Waals surface area contributed by atoms with E-state index in [1.807, 2.05) is 19.9 Å². The third-order valence-electron chi connectivity index (χ3n) is 3.97. The number of carbonyl (C=O) groups excluding carboxylic acids is 1. The fourth-order valence-corrected chi connectivity index (χ4v) is 5.39. The molecule has 9 heteroatoms. The van der Waals surface area contributed by atoms with E-state index in [1.165, 1.54) is 11.3 Å². The van der Waals surface area contributed by atoms with E-state index < -0.39 is 16.1 Å². The number of sulfonamides is 1. The maximum absolute atomic E-state index is 12.8. The first-order chi connectivity index (χ1) is 11.3. The summed E-state index contributed by atoms with van der Waals surface area (Å²) in [6.07, 6.45) is 1.22. The van der Waals surface area contributed by atoms with Crippen LogP contribution in [0.1, 0.15) is 23.4 Å². The Morgan fingerprint density at radius 2 is 2.08 bits per heavy atom. The Balaban J connectivity index is 1.82. The fourth-order valence-electron chi connectivity index (χ4n) is 2.86. The second-order valence-corrected chi connectivity index (χ2v) is 9.17. The van der Waals surface area contributed by atoms with Crippen molar-refractivity contribution in [1.82, 2.24) is 14.5 Å². The highest BCUT2D eigenvalue weighted by Gasteiger charge is 2.34. The van der Waals surface area contributed by atoms with Gasteiger partial charge < -0.3 is 0 Å². The summed E-state index contributed by atoms with van der Waals surface area (Å²) < 4.78 is 29.4. The summed E-state index contributed by atoms with van der Waals surface area (Å²) in [6, 6.07) is 4.41. The van der Waals surface area contributed by atoms with Crippen LogP contribution in [0.4, 0.5) is 5.82 Å². The van der Waals surface area contributed by atoms with Crippen LogP contribution in [-0.4, -0.2) is 36.7 Å². The molecule has 130 valence electrons. The molecule has 1 fully saturated rings. The quantitative estimate of drug-likeness (QED) is 0.888. The Labute approximate surface area is 145 Å². The lowest BCUT2D eigenvalue weighted by Crippen LogP contribution is -2.52. The number of anilines is 1. The number of amides is 1.